The topological polar surface area (TPSA) is 282 Å². The van der Waals surface area contributed by atoms with E-state index in [1.165, 1.54) is 40.3 Å². The molecule has 3 aliphatic heterocycles. The number of rotatable bonds is 21. The van der Waals surface area contributed by atoms with Crippen molar-refractivity contribution in [3.05, 3.63) is 39.9 Å². The first kappa shape index (κ1) is 65.9. The van der Waals surface area contributed by atoms with E-state index in [0.717, 1.165) is 18.9 Å². The normalized spacial score (nSPS) is 36.5. The molecule has 1 aliphatic carbocycles. The molecule has 22 nitrogen and oxygen atoms in total. The Hall–Kier alpha value is -4.24. The number of nitrogens with zero attached hydrogens (tertiary/aromatic N) is 2. The number of carbonyl (C=O) groups is 4. The number of fused-ring (bicyclic) bond motifs is 1. The fourth-order valence-electron chi connectivity index (χ4n) is 12.1. The van der Waals surface area contributed by atoms with E-state index in [4.69, 9.17) is 42.6 Å². The molecule has 0 amide bonds. The second kappa shape index (κ2) is 27.6. The van der Waals surface area contributed by atoms with E-state index >= 15 is 4.39 Å². The highest BCUT2D eigenvalue weighted by Crippen LogP contribution is 2.43. The van der Waals surface area contributed by atoms with Gasteiger partial charge in [0.2, 0.25) is 5.43 Å². The van der Waals surface area contributed by atoms with Crippen LogP contribution in [0.2, 0.25) is 0 Å². The lowest BCUT2D eigenvalue weighted by Crippen LogP contribution is -2.61. The summed E-state index contributed by atoms with van der Waals surface area (Å²) in [6.07, 6.45) is -6.79. The Balaban J connectivity index is 1.11. The van der Waals surface area contributed by atoms with Gasteiger partial charge in [0.15, 0.2) is 18.7 Å². The molecule has 0 radical (unpaired) electrons. The molecule has 6 N–H and O–H groups in total. The second-order valence-electron chi connectivity index (χ2n) is 23.8. The molecule has 6 rings (SSSR count). The molecule has 2 aromatic rings. The molecule has 0 bridgehead atoms. The number of pyridine rings is 1. The molecule has 1 aromatic carbocycles. The number of benzene rings is 1. The quantitative estimate of drug-likeness (QED) is 0.0737. The molecule has 4 heterocycles. The molecule has 458 valence electrons. The number of aromatic nitrogens is 1. The first-order valence-electron chi connectivity index (χ1n) is 28.6. The number of cyclic esters (lactones) is 1. The van der Waals surface area contributed by atoms with Gasteiger partial charge in [-0.1, -0.05) is 27.7 Å². The SMILES string of the molecule is CC[C@H]1OC(=O)[C@H](C)[C@@H](O[C@H]2C[C@@](C)(OC)[C@@H](OC(=O)CCNCCOCCNc3cc4c(cc3F)c(=O)c(C(=O)O)cn4C3CC3)[C@H](C)O2)[C@H](C)[C@@H](O[C@H]2O[C@@H](C)C[C@@H](N(C)C)[C@@H]2O)[C@](C)(OC)C[C@@H](C)C(=O)[C@H](C)[C@@H](O)[C@]1(C)O. The van der Waals surface area contributed by atoms with Gasteiger partial charge >= 0.3 is 17.9 Å². The third kappa shape index (κ3) is 15.2. The van der Waals surface area contributed by atoms with Crippen molar-refractivity contribution in [1.82, 2.24) is 14.8 Å². The molecular weight excluding hydrogens is 1060 g/mol. The minimum atomic E-state index is -2.04. The summed E-state index contributed by atoms with van der Waals surface area (Å²) < 4.78 is 73.8. The highest BCUT2D eigenvalue weighted by molar-refractivity contribution is 5.93. The third-order valence-corrected chi connectivity index (χ3v) is 17.3. The Bertz CT molecular complexity index is 2550. The van der Waals surface area contributed by atoms with Crippen LogP contribution in [0.15, 0.2) is 23.1 Å². The van der Waals surface area contributed by atoms with Gasteiger partial charge in [-0.2, -0.15) is 0 Å². The van der Waals surface area contributed by atoms with Gasteiger partial charge in [0.25, 0.3) is 0 Å². The van der Waals surface area contributed by atoms with E-state index in [1.807, 2.05) is 32.8 Å². The molecule has 18 atom stereocenters. The fraction of sp³-hybridized carbons (Fsp3) is 0.776. The van der Waals surface area contributed by atoms with Crippen molar-refractivity contribution in [2.75, 3.05) is 66.5 Å². The van der Waals surface area contributed by atoms with Crippen molar-refractivity contribution in [2.45, 2.75) is 204 Å². The fourth-order valence-corrected chi connectivity index (χ4v) is 12.1. The molecular formula is C58H91FN4O18. The van der Waals surface area contributed by atoms with Crippen molar-refractivity contribution in [2.24, 2.45) is 23.7 Å². The average molecular weight is 1150 g/mol. The minimum absolute atomic E-state index is 0.00463. The Kier molecular flexibility index (Phi) is 22.5. The number of hydrogen-bond donors (Lipinski definition) is 6. The minimum Gasteiger partial charge on any atom is -0.477 e. The van der Waals surface area contributed by atoms with Crippen LogP contribution in [0.4, 0.5) is 10.1 Å². The van der Waals surface area contributed by atoms with Crippen LogP contribution < -0.4 is 16.1 Å². The summed E-state index contributed by atoms with van der Waals surface area (Å²) in [5.41, 5.74) is -5.09. The number of aliphatic hydroxyl groups excluding tert-OH is 2. The van der Waals surface area contributed by atoms with Crippen molar-refractivity contribution < 1.29 is 86.6 Å². The molecule has 4 aliphatic rings. The van der Waals surface area contributed by atoms with Crippen molar-refractivity contribution in [3.63, 3.8) is 0 Å². The maximum Gasteiger partial charge on any atom is 0.341 e. The van der Waals surface area contributed by atoms with Crippen LogP contribution in [0.3, 0.4) is 0 Å². The predicted octanol–water partition coefficient (Wildman–Crippen LogP) is 4.59. The van der Waals surface area contributed by atoms with Gasteiger partial charge in [-0.25, -0.2) is 9.18 Å². The van der Waals surface area contributed by atoms with Gasteiger partial charge in [0.05, 0.1) is 72.9 Å². The van der Waals surface area contributed by atoms with Gasteiger partial charge in [-0.3, -0.25) is 19.2 Å². The number of ether oxygens (including phenoxy) is 9. The largest absolute Gasteiger partial charge is 0.477 e. The van der Waals surface area contributed by atoms with Crippen LogP contribution in [0, 0.1) is 29.5 Å². The highest BCUT2D eigenvalue weighted by atomic mass is 19.1. The van der Waals surface area contributed by atoms with Gasteiger partial charge < -0.3 is 83.2 Å². The van der Waals surface area contributed by atoms with Gasteiger partial charge in [0.1, 0.15) is 40.6 Å². The summed E-state index contributed by atoms with van der Waals surface area (Å²) in [7, 11) is 6.69. The Morgan fingerprint density at radius 1 is 0.889 bits per heavy atom. The monoisotopic (exact) mass is 1150 g/mol. The zero-order valence-electron chi connectivity index (χ0n) is 49.7. The number of aromatic carboxylic acids is 1. The second-order valence-corrected chi connectivity index (χ2v) is 23.8. The number of carboxylic acids is 1. The molecule has 0 spiro atoms. The van der Waals surface area contributed by atoms with Crippen molar-refractivity contribution >= 4 is 40.3 Å². The number of ketones is 1. The van der Waals surface area contributed by atoms with E-state index < -0.39 is 130 Å². The maximum atomic E-state index is 15.1. The molecule has 81 heavy (non-hydrogen) atoms. The number of Topliss-reactive ketones (excluding diaryl/α,β-unsaturated/α-hetero) is 1. The van der Waals surface area contributed by atoms with Gasteiger partial charge in [-0.15, -0.1) is 0 Å². The standard InChI is InChI=1S/C58H91FN4O18/c1-15-43-58(10,72)50(68)32(4)46(65)30(2)27-56(8,73-13)51(81-55-48(67)42(62(11)12)24-31(3)76-55)33(5)49(34(6)54(71)78-43)80-45-28-57(9,74-14)52(35(7)77-45)79-44(64)18-19-60-20-22-75-23-21-61-40-26-41-37(25-39(40)59)47(66)38(53(69)70)29-63(41)36-16-17-36/h25-26,29-36,42-43,45,48-52,55,60-61,67-68,72H,15-24,27-28H2,1-14H3,(H,69,70)/t30-,31+,32+,33+,34-,35+,42-,43-,45+,48+,49+,50-,51-,52+,55-,56-,57-,58-/m1/s1. The Morgan fingerprint density at radius 2 is 1.54 bits per heavy atom. The third-order valence-electron chi connectivity index (χ3n) is 17.3. The van der Waals surface area contributed by atoms with Crippen LogP contribution in [0.1, 0.15) is 131 Å². The highest BCUT2D eigenvalue weighted by Gasteiger charge is 2.55. The first-order valence-corrected chi connectivity index (χ1v) is 28.6. The summed E-state index contributed by atoms with van der Waals surface area (Å²) in [6, 6.07) is 2.28. The summed E-state index contributed by atoms with van der Waals surface area (Å²) in [6.45, 7) is 18.2. The Labute approximate surface area is 474 Å². The number of anilines is 1. The summed E-state index contributed by atoms with van der Waals surface area (Å²) in [5.74, 6) is -7.48. The van der Waals surface area contributed by atoms with Crippen LogP contribution in [-0.4, -0.2) is 199 Å². The van der Waals surface area contributed by atoms with Crippen LogP contribution >= 0.6 is 0 Å². The van der Waals surface area contributed by atoms with E-state index in [-0.39, 0.29) is 87.0 Å². The lowest BCUT2D eigenvalue weighted by atomic mass is 9.74. The molecule has 3 saturated heterocycles. The van der Waals surface area contributed by atoms with Crippen LogP contribution in [0.25, 0.3) is 10.9 Å². The lowest BCUT2D eigenvalue weighted by molar-refractivity contribution is -0.320. The number of methoxy groups -OCH3 is 2. The van der Waals surface area contributed by atoms with E-state index in [2.05, 4.69) is 10.6 Å². The zero-order valence-corrected chi connectivity index (χ0v) is 49.7. The Morgan fingerprint density at radius 3 is 2.16 bits per heavy atom. The van der Waals surface area contributed by atoms with Gasteiger partial charge in [0, 0.05) is 81.7 Å². The van der Waals surface area contributed by atoms with Crippen molar-refractivity contribution in [3.8, 4) is 0 Å². The number of carboxylic acid groups (broad SMARTS) is 1. The van der Waals surface area contributed by atoms with E-state index in [9.17, 15) is 44.4 Å². The number of aliphatic hydroxyl groups is 3. The molecule has 1 aromatic heterocycles. The van der Waals surface area contributed by atoms with Crippen LogP contribution in [-0.2, 0) is 57.0 Å². The van der Waals surface area contributed by atoms with E-state index in [0.29, 0.717) is 18.5 Å². The number of nitrogens with one attached hydrogen (secondary N) is 2. The number of esters is 2. The molecule has 4 fully saturated rings. The molecule has 23 heteroatoms. The molecule has 0 unspecified atom stereocenters. The lowest BCUT2D eigenvalue weighted by Gasteiger charge is -2.50. The van der Waals surface area contributed by atoms with E-state index in [1.54, 1.807) is 46.1 Å². The zero-order chi connectivity index (χ0) is 60.1. The number of likely N-dealkylation sites (N-methyl/N-ethyl adjacent to an activating group) is 1. The number of hydrogen-bond acceptors (Lipinski definition) is 20. The summed E-state index contributed by atoms with van der Waals surface area (Å²) in [4.78, 5) is 68.7. The smallest absolute Gasteiger partial charge is 0.341 e. The number of halogens is 1. The molecule has 1 saturated carbocycles. The average Bonchev–Trinajstić information content (AvgIpc) is 4.45. The van der Waals surface area contributed by atoms with Gasteiger partial charge in [-0.05, 0) is 99.9 Å². The number of carbonyl (C=O) groups excluding carboxylic acids is 3. The summed E-state index contributed by atoms with van der Waals surface area (Å²) >= 11 is 0. The maximum absolute atomic E-state index is 15.1. The first-order chi connectivity index (χ1) is 38.0. The van der Waals surface area contributed by atoms with Crippen LogP contribution in [0.5, 0.6) is 0 Å². The predicted molar refractivity (Wildman–Crippen MR) is 295 cm³/mol. The van der Waals surface area contributed by atoms with Crippen molar-refractivity contribution in [1.29, 1.82) is 0 Å². The summed E-state index contributed by atoms with van der Waals surface area (Å²) in [5, 5.41) is 51.0.